The maximum absolute atomic E-state index is 12.9. The summed E-state index contributed by atoms with van der Waals surface area (Å²) >= 11 is 0. The van der Waals surface area contributed by atoms with Gasteiger partial charge in [-0.05, 0) is 48.9 Å². The molecule has 1 saturated carbocycles. The van der Waals surface area contributed by atoms with Gasteiger partial charge in [-0.1, -0.05) is 19.1 Å². The minimum absolute atomic E-state index is 0.149. The highest BCUT2D eigenvalue weighted by atomic mass is 19.1. The van der Waals surface area contributed by atoms with Crippen LogP contribution >= 0.6 is 0 Å². The van der Waals surface area contributed by atoms with Crippen molar-refractivity contribution in [3.05, 3.63) is 35.6 Å². The van der Waals surface area contributed by atoms with E-state index in [1.807, 2.05) is 6.07 Å². The molecule has 0 spiro atoms. The topological polar surface area (TPSA) is 12.0 Å². The van der Waals surface area contributed by atoms with E-state index in [1.54, 1.807) is 12.1 Å². The van der Waals surface area contributed by atoms with Crippen molar-refractivity contribution in [3.8, 4) is 0 Å². The molecule has 2 heteroatoms. The third-order valence-corrected chi connectivity index (χ3v) is 3.11. The molecule has 1 aliphatic carbocycles. The molecule has 0 heterocycles. The van der Waals surface area contributed by atoms with Crippen LogP contribution in [0.3, 0.4) is 0 Å². The molecule has 15 heavy (non-hydrogen) atoms. The van der Waals surface area contributed by atoms with Gasteiger partial charge in [0.2, 0.25) is 0 Å². The lowest BCUT2D eigenvalue weighted by molar-refractivity contribution is 0.461. The minimum atomic E-state index is -0.149. The van der Waals surface area contributed by atoms with Crippen molar-refractivity contribution in [2.45, 2.75) is 26.3 Å². The molecule has 1 unspecified atom stereocenters. The SMILES string of the molecule is CC(CNCc1cccc(F)c1)C1CC1. The number of rotatable bonds is 5. The van der Waals surface area contributed by atoms with Crippen molar-refractivity contribution in [1.82, 2.24) is 5.32 Å². The van der Waals surface area contributed by atoms with Gasteiger partial charge in [0, 0.05) is 6.54 Å². The van der Waals surface area contributed by atoms with Crippen LogP contribution in [-0.2, 0) is 6.54 Å². The van der Waals surface area contributed by atoms with E-state index in [0.717, 1.165) is 30.5 Å². The summed E-state index contributed by atoms with van der Waals surface area (Å²) in [6.45, 7) is 4.10. The van der Waals surface area contributed by atoms with E-state index < -0.39 is 0 Å². The predicted octanol–water partition coefficient (Wildman–Crippen LogP) is 2.96. The molecule has 1 nitrogen and oxygen atoms in total. The standard InChI is InChI=1S/C13H18FN/c1-10(12-5-6-12)8-15-9-11-3-2-4-13(14)7-11/h2-4,7,10,12,15H,5-6,8-9H2,1H3. The smallest absolute Gasteiger partial charge is 0.123 e. The van der Waals surface area contributed by atoms with E-state index in [2.05, 4.69) is 12.2 Å². The van der Waals surface area contributed by atoms with Gasteiger partial charge in [-0.2, -0.15) is 0 Å². The lowest BCUT2D eigenvalue weighted by Gasteiger charge is -2.11. The Balaban J connectivity index is 1.73. The molecule has 1 aromatic carbocycles. The average molecular weight is 207 g/mol. The summed E-state index contributed by atoms with van der Waals surface area (Å²) in [5.74, 6) is 1.55. The molecule has 1 aliphatic rings. The number of hydrogen-bond donors (Lipinski definition) is 1. The minimum Gasteiger partial charge on any atom is -0.312 e. The van der Waals surface area contributed by atoms with Crippen molar-refractivity contribution < 1.29 is 4.39 Å². The summed E-state index contributed by atoms with van der Waals surface area (Å²) < 4.78 is 12.9. The first-order valence-electron chi connectivity index (χ1n) is 5.71. The second kappa shape index (κ2) is 4.75. The van der Waals surface area contributed by atoms with Crippen LogP contribution < -0.4 is 5.32 Å². The number of benzene rings is 1. The van der Waals surface area contributed by atoms with Crippen molar-refractivity contribution >= 4 is 0 Å². The van der Waals surface area contributed by atoms with Crippen LogP contribution in [0.2, 0.25) is 0 Å². The fourth-order valence-electron chi connectivity index (χ4n) is 1.92. The van der Waals surface area contributed by atoms with Crippen LogP contribution in [0.5, 0.6) is 0 Å². The van der Waals surface area contributed by atoms with Gasteiger partial charge in [-0.3, -0.25) is 0 Å². The third-order valence-electron chi connectivity index (χ3n) is 3.11. The van der Waals surface area contributed by atoms with Gasteiger partial charge in [0.05, 0.1) is 0 Å². The fourth-order valence-corrected chi connectivity index (χ4v) is 1.92. The number of hydrogen-bond acceptors (Lipinski definition) is 1. The van der Waals surface area contributed by atoms with Gasteiger partial charge in [0.1, 0.15) is 5.82 Å². The molecule has 0 amide bonds. The number of halogens is 1. The van der Waals surface area contributed by atoms with Crippen LogP contribution in [0.25, 0.3) is 0 Å². The van der Waals surface area contributed by atoms with Gasteiger partial charge in [-0.15, -0.1) is 0 Å². The van der Waals surface area contributed by atoms with Crippen LogP contribution in [0, 0.1) is 17.7 Å². The van der Waals surface area contributed by atoms with Gasteiger partial charge < -0.3 is 5.32 Å². The van der Waals surface area contributed by atoms with Gasteiger partial charge in [-0.25, -0.2) is 4.39 Å². The zero-order valence-corrected chi connectivity index (χ0v) is 9.17. The number of nitrogens with one attached hydrogen (secondary N) is 1. The Morgan fingerprint density at radius 3 is 2.93 bits per heavy atom. The van der Waals surface area contributed by atoms with Gasteiger partial charge in [0.15, 0.2) is 0 Å². The molecule has 2 rings (SSSR count). The highest BCUT2D eigenvalue weighted by Gasteiger charge is 2.27. The summed E-state index contributed by atoms with van der Waals surface area (Å²) in [7, 11) is 0. The molecule has 1 aromatic rings. The Labute approximate surface area is 90.7 Å². The Morgan fingerprint density at radius 1 is 1.47 bits per heavy atom. The Bertz CT molecular complexity index is 320. The summed E-state index contributed by atoms with van der Waals surface area (Å²) in [5, 5.41) is 3.38. The summed E-state index contributed by atoms with van der Waals surface area (Å²) in [6, 6.07) is 6.79. The first-order valence-corrected chi connectivity index (χ1v) is 5.71. The lowest BCUT2D eigenvalue weighted by Crippen LogP contribution is -2.21. The van der Waals surface area contributed by atoms with Crippen LogP contribution in [-0.4, -0.2) is 6.54 Å². The monoisotopic (exact) mass is 207 g/mol. The summed E-state index contributed by atoms with van der Waals surface area (Å²) in [4.78, 5) is 0. The van der Waals surface area contributed by atoms with E-state index in [-0.39, 0.29) is 5.82 Å². The summed E-state index contributed by atoms with van der Waals surface area (Å²) in [6.07, 6.45) is 2.78. The third kappa shape index (κ3) is 3.31. The zero-order chi connectivity index (χ0) is 10.7. The van der Waals surface area contributed by atoms with Crippen molar-refractivity contribution in [2.24, 2.45) is 11.8 Å². The molecule has 0 saturated heterocycles. The van der Waals surface area contributed by atoms with Crippen molar-refractivity contribution in [2.75, 3.05) is 6.54 Å². The fraction of sp³-hybridized carbons (Fsp3) is 0.538. The molecule has 0 aliphatic heterocycles. The Kier molecular flexibility index (Phi) is 3.37. The molecule has 0 bridgehead atoms. The van der Waals surface area contributed by atoms with Crippen molar-refractivity contribution in [1.29, 1.82) is 0 Å². The molecule has 0 radical (unpaired) electrons. The van der Waals surface area contributed by atoms with E-state index in [4.69, 9.17) is 0 Å². The Hall–Kier alpha value is -0.890. The van der Waals surface area contributed by atoms with Crippen LogP contribution in [0.4, 0.5) is 4.39 Å². The van der Waals surface area contributed by atoms with Crippen LogP contribution in [0.1, 0.15) is 25.3 Å². The maximum Gasteiger partial charge on any atom is 0.123 e. The quantitative estimate of drug-likeness (QED) is 0.782. The highest BCUT2D eigenvalue weighted by Crippen LogP contribution is 2.36. The van der Waals surface area contributed by atoms with E-state index in [9.17, 15) is 4.39 Å². The summed E-state index contributed by atoms with van der Waals surface area (Å²) in [5.41, 5.74) is 1.03. The van der Waals surface area contributed by atoms with E-state index in [0.29, 0.717) is 0 Å². The molecule has 0 aromatic heterocycles. The average Bonchev–Trinajstić information content (AvgIpc) is 3.00. The lowest BCUT2D eigenvalue weighted by atomic mass is 10.1. The maximum atomic E-state index is 12.9. The van der Waals surface area contributed by atoms with E-state index >= 15 is 0 Å². The molecular weight excluding hydrogens is 189 g/mol. The Morgan fingerprint density at radius 2 is 2.27 bits per heavy atom. The molecule has 82 valence electrons. The van der Waals surface area contributed by atoms with Gasteiger partial charge >= 0.3 is 0 Å². The second-order valence-electron chi connectivity index (χ2n) is 4.58. The highest BCUT2D eigenvalue weighted by molar-refractivity contribution is 5.15. The molecule has 1 atom stereocenters. The molecular formula is C13H18FN. The molecule has 1 N–H and O–H groups in total. The normalized spacial score (nSPS) is 17.7. The predicted molar refractivity (Wildman–Crippen MR) is 60.0 cm³/mol. The van der Waals surface area contributed by atoms with Gasteiger partial charge in [0.25, 0.3) is 0 Å². The van der Waals surface area contributed by atoms with E-state index in [1.165, 1.54) is 18.9 Å². The largest absolute Gasteiger partial charge is 0.312 e. The second-order valence-corrected chi connectivity index (χ2v) is 4.58. The zero-order valence-electron chi connectivity index (χ0n) is 9.17. The van der Waals surface area contributed by atoms with Crippen molar-refractivity contribution in [3.63, 3.8) is 0 Å². The first-order chi connectivity index (χ1) is 7.25. The van der Waals surface area contributed by atoms with Crippen LogP contribution in [0.15, 0.2) is 24.3 Å². The first kappa shape index (κ1) is 10.6. The molecule has 1 fully saturated rings.